The number of para-hydroxylation sites is 4. The van der Waals surface area contributed by atoms with Gasteiger partial charge in [0, 0.05) is 65.4 Å². The van der Waals surface area contributed by atoms with Crippen molar-refractivity contribution < 1.29 is 4.74 Å². The van der Waals surface area contributed by atoms with Crippen molar-refractivity contribution in [1.29, 1.82) is 0 Å². The van der Waals surface area contributed by atoms with Gasteiger partial charge in [-0.2, -0.15) is 0 Å². The Kier molecular flexibility index (Phi) is 7.62. The zero-order chi connectivity index (χ0) is 38.9. The number of benzene rings is 9. The van der Waals surface area contributed by atoms with Gasteiger partial charge < -0.3 is 14.5 Å². The van der Waals surface area contributed by atoms with Crippen LogP contribution in [0.1, 0.15) is 22.3 Å². The molecule has 0 fully saturated rings. The van der Waals surface area contributed by atoms with Crippen LogP contribution in [-0.2, 0) is 5.41 Å². The van der Waals surface area contributed by atoms with Gasteiger partial charge in [0.2, 0.25) is 0 Å². The van der Waals surface area contributed by atoms with E-state index in [1.807, 2.05) is 11.3 Å². The number of rotatable bonds is 6. The maximum absolute atomic E-state index is 7.10. The molecule has 0 unspecified atom stereocenters. The molecule has 1 aliphatic carbocycles. The van der Waals surface area contributed by atoms with Gasteiger partial charge in [-0.1, -0.05) is 121 Å². The van der Waals surface area contributed by atoms with Gasteiger partial charge in [0.1, 0.15) is 11.5 Å². The molecule has 0 atom stereocenters. The molecule has 4 heteroatoms. The quantitative estimate of drug-likeness (QED) is 0.167. The SMILES string of the molecule is c1ccc(N(c2ccccc2)c2ccc3c(c2)C2(c4cc5c(cc4O3)sc3ccc(N(c4ccccc4)c4ccccc4)cc35)c3ccccc3-c3ccccc32)cc1. The number of nitrogens with zero attached hydrogens (tertiary/aromatic N) is 2. The van der Waals surface area contributed by atoms with E-state index in [0.717, 1.165) is 56.8 Å². The lowest BCUT2D eigenvalue weighted by Gasteiger charge is -2.40. The summed E-state index contributed by atoms with van der Waals surface area (Å²) in [5.74, 6) is 1.77. The van der Waals surface area contributed by atoms with Crippen molar-refractivity contribution >= 4 is 65.6 Å². The summed E-state index contributed by atoms with van der Waals surface area (Å²) in [6, 6.07) is 78.9. The van der Waals surface area contributed by atoms with E-state index in [4.69, 9.17) is 4.74 Å². The van der Waals surface area contributed by atoms with Gasteiger partial charge in [-0.3, -0.25) is 0 Å². The Morgan fingerprint density at radius 1 is 0.322 bits per heavy atom. The second-order valence-corrected chi connectivity index (χ2v) is 16.3. The lowest BCUT2D eigenvalue weighted by atomic mass is 9.66. The van der Waals surface area contributed by atoms with Crippen LogP contribution in [0.25, 0.3) is 31.3 Å². The lowest BCUT2D eigenvalue weighted by Crippen LogP contribution is -2.32. The molecule has 0 N–H and O–H groups in total. The van der Waals surface area contributed by atoms with Gasteiger partial charge in [0.25, 0.3) is 0 Å². The van der Waals surface area contributed by atoms with Crippen LogP contribution in [0.2, 0.25) is 0 Å². The van der Waals surface area contributed by atoms with Gasteiger partial charge in [-0.05, 0) is 119 Å². The number of ether oxygens (including phenoxy) is 1. The van der Waals surface area contributed by atoms with Crippen molar-refractivity contribution in [3.63, 3.8) is 0 Å². The van der Waals surface area contributed by atoms with Crippen LogP contribution in [-0.4, -0.2) is 0 Å². The number of hydrogen-bond acceptors (Lipinski definition) is 4. The van der Waals surface area contributed by atoms with Gasteiger partial charge in [0.05, 0.1) is 5.41 Å². The summed E-state index contributed by atoms with van der Waals surface area (Å²) in [6.45, 7) is 0. The molecule has 59 heavy (non-hydrogen) atoms. The second-order valence-electron chi connectivity index (χ2n) is 15.3. The molecule has 9 aromatic carbocycles. The number of hydrogen-bond donors (Lipinski definition) is 0. The van der Waals surface area contributed by atoms with Crippen LogP contribution in [0.5, 0.6) is 11.5 Å². The number of thiophene rings is 1. The summed E-state index contributed by atoms with van der Waals surface area (Å²) in [5.41, 5.74) is 13.3. The van der Waals surface area contributed by atoms with Crippen molar-refractivity contribution in [2.45, 2.75) is 5.41 Å². The van der Waals surface area contributed by atoms with Crippen molar-refractivity contribution in [2.75, 3.05) is 9.80 Å². The maximum atomic E-state index is 7.10. The van der Waals surface area contributed by atoms with E-state index < -0.39 is 5.41 Å². The third-order valence-electron chi connectivity index (χ3n) is 12.1. The molecular formula is C55H36N2OS. The first-order chi connectivity index (χ1) is 29.3. The van der Waals surface area contributed by atoms with Crippen molar-refractivity contribution in [3.05, 3.63) is 241 Å². The van der Waals surface area contributed by atoms with Crippen molar-refractivity contribution in [2.24, 2.45) is 0 Å². The first-order valence-corrected chi connectivity index (χ1v) is 20.9. The van der Waals surface area contributed by atoms with Gasteiger partial charge >= 0.3 is 0 Å². The highest BCUT2D eigenvalue weighted by molar-refractivity contribution is 7.25. The summed E-state index contributed by atoms with van der Waals surface area (Å²) in [5, 5.41) is 2.46. The van der Waals surface area contributed by atoms with Crippen LogP contribution >= 0.6 is 11.3 Å². The Bertz CT molecular complexity index is 3070. The summed E-state index contributed by atoms with van der Waals surface area (Å²) < 4.78 is 9.55. The first kappa shape index (κ1) is 33.7. The van der Waals surface area contributed by atoms with E-state index in [1.54, 1.807) is 0 Å². The topological polar surface area (TPSA) is 15.7 Å². The molecular weight excluding hydrogens is 737 g/mol. The monoisotopic (exact) mass is 772 g/mol. The molecule has 1 spiro atoms. The third kappa shape index (κ3) is 5.13. The van der Waals surface area contributed by atoms with E-state index >= 15 is 0 Å². The zero-order valence-electron chi connectivity index (χ0n) is 32.0. The molecule has 1 aliphatic heterocycles. The third-order valence-corrected chi connectivity index (χ3v) is 13.2. The van der Waals surface area contributed by atoms with Crippen molar-refractivity contribution in [3.8, 4) is 22.6 Å². The largest absolute Gasteiger partial charge is 0.457 e. The van der Waals surface area contributed by atoms with Crippen LogP contribution in [0.15, 0.2) is 218 Å². The highest BCUT2D eigenvalue weighted by Crippen LogP contribution is 2.63. The fraction of sp³-hybridized carbons (Fsp3) is 0.0182. The molecule has 1 aromatic heterocycles. The Hall–Kier alpha value is -7.40. The predicted molar refractivity (Wildman–Crippen MR) is 246 cm³/mol. The molecule has 0 radical (unpaired) electrons. The molecule has 2 heterocycles. The van der Waals surface area contributed by atoms with Crippen molar-refractivity contribution in [1.82, 2.24) is 0 Å². The van der Waals surface area contributed by atoms with Crippen LogP contribution in [0, 0.1) is 0 Å². The fourth-order valence-corrected chi connectivity index (χ4v) is 10.7. The number of anilines is 6. The molecule has 10 aromatic rings. The summed E-state index contributed by atoms with van der Waals surface area (Å²) in [6.07, 6.45) is 0. The van der Waals surface area contributed by atoms with E-state index in [2.05, 4.69) is 228 Å². The number of fused-ring (bicyclic) bond motifs is 12. The summed E-state index contributed by atoms with van der Waals surface area (Å²) >= 11 is 1.83. The highest BCUT2D eigenvalue weighted by atomic mass is 32.1. The maximum Gasteiger partial charge on any atom is 0.133 e. The predicted octanol–water partition coefficient (Wildman–Crippen LogP) is 15.5. The lowest BCUT2D eigenvalue weighted by molar-refractivity contribution is 0.437. The second kappa shape index (κ2) is 13.3. The molecule has 0 saturated carbocycles. The molecule has 12 rings (SSSR count). The average Bonchev–Trinajstić information content (AvgIpc) is 3.80. The van der Waals surface area contributed by atoms with Gasteiger partial charge in [-0.15, -0.1) is 11.3 Å². The van der Waals surface area contributed by atoms with E-state index in [9.17, 15) is 0 Å². The van der Waals surface area contributed by atoms with E-state index in [0.29, 0.717) is 0 Å². The standard InChI is InChI=1S/C55H36N2OS/c1-5-17-37(18-6-1)56(38-19-7-2-8-20-38)41-30-32-53-45(33-41)46-35-50-52(36-54(46)59-53)58-51-31-29-42(57(39-21-9-3-10-22-39)40-23-11-4-12-24-40)34-49(51)55(50)47-27-15-13-25-43(47)44-26-14-16-28-48(44)55/h1-36H. The smallest absolute Gasteiger partial charge is 0.133 e. The minimum atomic E-state index is -0.634. The Morgan fingerprint density at radius 2 is 0.763 bits per heavy atom. The minimum Gasteiger partial charge on any atom is -0.457 e. The molecule has 2 aliphatic rings. The molecule has 3 nitrogen and oxygen atoms in total. The van der Waals surface area contributed by atoms with Crippen LogP contribution < -0.4 is 14.5 Å². The van der Waals surface area contributed by atoms with Crippen LogP contribution in [0.4, 0.5) is 34.1 Å². The Morgan fingerprint density at radius 3 is 1.31 bits per heavy atom. The molecule has 0 saturated heterocycles. The van der Waals surface area contributed by atoms with Gasteiger partial charge in [-0.25, -0.2) is 0 Å². The first-order valence-electron chi connectivity index (χ1n) is 20.1. The van der Waals surface area contributed by atoms with Gasteiger partial charge in [0.15, 0.2) is 0 Å². The molecule has 278 valence electrons. The summed E-state index contributed by atoms with van der Waals surface area (Å²) in [7, 11) is 0. The highest BCUT2D eigenvalue weighted by Gasteiger charge is 2.51. The molecule has 0 bridgehead atoms. The summed E-state index contributed by atoms with van der Waals surface area (Å²) in [4.78, 5) is 4.69. The fourth-order valence-electron chi connectivity index (χ4n) is 9.63. The van der Waals surface area contributed by atoms with Crippen LogP contribution in [0.3, 0.4) is 0 Å². The van der Waals surface area contributed by atoms with E-state index in [1.165, 1.54) is 42.4 Å². The Balaban J connectivity index is 1.12. The normalized spacial score (nSPS) is 13.0. The average molecular weight is 773 g/mol. The minimum absolute atomic E-state index is 0.634. The Labute approximate surface area is 347 Å². The molecule has 0 amide bonds. The van der Waals surface area contributed by atoms with E-state index in [-0.39, 0.29) is 0 Å². The zero-order valence-corrected chi connectivity index (χ0v) is 32.8.